The van der Waals surface area contributed by atoms with Gasteiger partial charge >= 0.3 is 5.97 Å². The third-order valence-electron chi connectivity index (χ3n) is 1.09. The molecule has 0 aromatic rings. The maximum absolute atomic E-state index is 10.0. The molecule has 0 atom stereocenters. The van der Waals surface area contributed by atoms with Gasteiger partial charge in [-0.25, -0.2) is 0 Å². The van der Waals surface area contributed by atoms with Gasteiger partial charge in [0.15, 0.2) is 0 Å². The summed E-state index contributed by atoms with van der Waals surface area (Å²) in [6.07, 6.45) is 2.92. The van der Waals surface area contributed by atoms with Gasteiger partial charge in [0.1, 0.15) is 0 Å². The number of halogens is 1. The average Bonchev–Trinajstić information content (AvgIpc) is 1.79. The van der Waals surface area contributed by atoms with Crippen molar-refractivity contribution in [2.24, 2.45) is 0 Å². The molecule has 2 nitrogen and oxygen atoms in total. The second-order valence-electron chi connectivity index (χ2n) is 2.12. The summed E-state index contributed by atoms with van der Waals surface area (Å²) in [7, 11) is 0. The van der Waals surface area contributed by atoms with Crippen LogP contribution in [-0.4, -0.2) is 11.1 Å². The van der Waals surface area contributed by atoms with Crippen molar-refractivity contribution in [3.8, 4) is 0 Å². The molecule has 0 aliphatic heterocycles. The molecule has 58 valence electrons. The highest BCUT2D eigenvalue weighted by Crippen LogP contribution is 2.12. The fraction of sp³-hybridized carbons (Fsp3) is 0.571. The zero-order valence-corrected chi connectivity index (χ0v) is 7.93. The van der Waals surface area contributed by atoms with Crippen LogP contribution in [0.25, 0.3) is 0 Å². The zero-order valence-electron chi connectivity index (χ0n) is 5.77. The lowest BCUT2D eigenvalue weighted by atomic mass is 10.2. The highest BCUT2D eigenvalue weighted by molar-refractivity contribution is 14.1. The van der Waals surface area contributed by atoms with E-state index in [0.717, 1.165) is 22.8 Å². The van der Waals surface area contributed by atoms with Gasteiger partial charge in [0.2, 0.25) is 0 Å². The highest BCUT2D eigenvalue weighted by atomic mass is 127. The Morgan fingerprint density at radius 3 is 2.30 bits per heavy atom. The highest BCUT2D eigenvalue weighted by Gasteiger charge is 1.95. The maximum atomic E-state index is 10.0. The minimum absolute atomic E-state index is 0.282. The molecule has 0 spiro atoms. The van der Waals surface area contributed by atoms with Gasteiger partial charge in [0.25, 0.3) is 0 Å². The largest absolute Gasteiger partial charge is 0.481 e. The minimum Gasteiger partial charge on any atom is -0.481 e. The number of unbranched alkanes of at least 4 members (excludes halogenated alkanes) is 1. The van der Waals surface area contributed by atoms with E-state index < -0.39 is 5.97 Å². The van der Waals surface area contributed by atoms with Crippen molar-refractivity contribution in [3.05, 3.63) is 10.2 Å². The van der Waals surface area contributed by atoms with Crippen LogP contribution < -0.4 is 0 Å². The number of carbonyl (C=O) groups is 1. The number of carboxylic acid groups (broad SMARTS) is 1. The number of carboxylic acids is 1. The lowest BCUT2D eigenvalue weighted by Gasteiger charge is -1.94. The van der Waals surface area contributed by atoms with Crippen LogP contribution in [0.2, 0.25) is 0 Å². The van der Waals surface area contributed by atoms with Gasteiger partial charge in [-0.1, -0.05) is 6.58 Å². The SMILES string of the molecule is C=C(I)CCCCC(=O)O. The van der Waals surface area contributed by atoms with Crippen molar-refractivity contribution >= 4 is 28.6 Å². The summed E-state index contributed by atoms with van der Waals surface area (Å²) in [6, 6.07) is 0. The van der Waals surface area contributed by atoms with E-state index >= 15 is 0 Å². The minimum atomic E-state index is -0.709. The topological polar surface area (TPSA) is 37.3 Å². The fourth-order valence-electron chi connectivity index (χ4n) is 0.593. The first-order chi connectivity index (χ1) is 4.63. The second-order valence-corrected chi connectivity index (χ2v) is 3.64. The summed E-state index contributed by atoms with van der Waals surface area (Å²) in [6.45, 7) is 3.71. The Morgan fingerprint density at radius 2 is 1.90 bits per heavy atom. The van der Waals surface area contributed by atoms with Crippen molar-refractivity contribution in [2.45, 2.75) is 25.7 Å². The standard InChI is InChI=1S/C7H11IO2/c1-6(8)4-2-3-5-7(9)10/h1-5H2,(H,9,10). The zero-order chi connectivity index (χ0) is 7.98. The number of aliphatic carboxylic acids is 1. The molecule has 0 aromatic heterocycles. The van der Waals surface area contributed by atoms with Crippen LogP contribution in [0.5, 0.6) is 0 Å². The van der Waals surface area contributed by atoms with Crippen molar-refractivity contribution in [1.29, 1.82) is 0 Å². The normalized spacial score (nSPS) is 9.30. The van der Waals surface area contributed by atoms with Gasteiger partial charge in [0, 0.05) is 6.42 Å². The molecular formula is C7H11IO2. The Morgan fingerprint density at radius 1 is 1.40 bits per heavy atom. The number of hydrogen-bond donors (Lipinski definition) is 1. The second kappa shape index (κ2) is 5.70. The van der Waals surface area contributed by atoms with E-state index in [-0.39, 0.29) is 6.42 Å². The van der Waals surface area contributed by atoms with Gasteiger partial charge < -0.3 is 5.11 Å². The van der Waals surface area contributed by atoms with E-state index in [1.165, 1.54) is 0 Å². The van der Waals surface area contributed by atoms with E-state index in [4.69, 9.17) is 5.11 Å². The van der Waals surface area contributed by atoms with Crippen LogP contribution in [0.4, 0.5) is 0 Å². The molecule has 0 saturated heterocycles. The summed E-state index contributed by atoms with van der Waals surface area (Å²) in [4.78, 5) is 10.0. The predicted octanol–water partition coefficient (Wildman–Crippen LogP) is 2.58. The summed E-state index contributed by atoms with van der Waals surface area (Å²) in [5.41, 5.74) is 0. The van der Waals surface area contributed by atoms with Crippen LogP contribution in [0.15, 0.2) is 10.2 Å². The van der Waals surface area contributed by atoms with Crippen LogP contribution >= 0.6 is 22.6 Å². The molecule has 0 radical (unpaired) electrons. The molecule has 0 aromatic carbocycles. The first-order valence-corrected chi connectivity index (χ1v) is 4.26. The van der Waals surface area contributed by atoms with Crippen molar-refractivity contribution < 1.29 is 9.90 Å². The fourth-order valence-corrected chi connectivity index (χ4v) is 0.974. The van der Waals surface area contributed by atoms with E-state index in [1.54, 1.807) is 0 Å². The van der Waals surface area contributed by atoms with E-state index in [9.17, 15) is 4.79 Å². The van der Waals surface area contributed by atoms with Crippen molar-refractivity contribution in [1.82, 2.24) is 0 Å². The van der Waals surface area contributed by atoms with Gasteiger partial charge in [-0.3, -0.25) is 4.79 Å². The smallest absolute Gasteiger partial charge is 0.303 e. The van der Waals surface area contributed by atoms with Crippen LogP contribution in [-0.2, 0) is 4.79 Å². The third-order valence-corrected chi connectivity index (χ3v) is 1.63. The lowest BCUT2D eigenvalue weighted by Crippen LogP contribution is -1.93. The number of hydrogen-bond acceptors (Lipinski definition) is 1. The molecule has 0 fully saturated rings. The molecule has 0 heterocycles. The molecule has 10 heavy (non-hydrogen) atoms. The van der Waals surface area contributed by atoms with Crippen molar-refractivity contribution in [3.63, 3.8) is 0 Å². The molecule has 0 saturated carbocycles. The molecule has 0 bridgehead atoms. The molecule has 3 heteroatoms. The average molecular weight is 254 g/mol. The predicted molar refractivity (Wildman–Crippen MR) is 49.3 cm³/mol. The first-order valence-electron chi connectivity index (χ1n) is 3.18. The van der Waals surface area contributed by atoms with Gasteiger partial charge in [-0.05, 0) is 45.4 Å². The molecule has 0 aliphatic carbocycles. The van der Waals surface area contributed by atoms with Crippen LogP contribution in [0, 0.1) is 0 Å². The van der Waals surface area contributed by atoms with E-state index in [2.05, 4.69) is 29.2 Å². The number of rotatable bonds is 5. The Hall–Kier alpha value is -0.0600. The maximum Gasteiger partial charge on any atom is 0.303 e. The van der Waals surface area contributed by atoms with Crippen molar-refractivity contribution in [2.75, 3.05) is 0 Å². The first kappa shape index (κ1) is 9.94. The molecular weight excluding hydrogens is 243 g/mol. The monoisotopic (exact) mass is 254 g/mol. The molecule has 1 N–H and O–H groups in total. The number of allylic oxidation sites excluding steroid dienone is 1. The van der Waals surface area contributed by atoms with E-state index in [1.807, 2.05) is 0 Å². The quantitative estimate of drug-likeness (QED) is 0.604. The molecule has 0 aliphatic rings. The summed E-state index contributed by atoms with van der Waals surface area (Å²) < 4.78 is 1.10. The molecule has 0 amide bonds. The van der Waals surface area contributed by atoms with E-state index in [0.29, 0.717) is 0 Å². The van der Waals surface area contributed by atoms with Gasteiger partial charge in [-0.15, -0.1) is 0 Å². The summed E-state index contributed by atoms with van der Waals surface area (Å²) in [5.74, 6) is -0.709. The van der Waals surface area contributed by atoms with Crippen LogP contribution in [0.3, 0.4) is 0 Å². The van der Waals surface area contributed by atoms with Gasteiger partial charge in [-0.2, -0.15) is 0 Å². The molecule has 0 rings (SSSR count). The third kappa shape index (κ3) is 7.94. The van der Waals surface area contributed by atoms with Gasteiger partial charge in [0.05, 0.1) is 0 Å². The lowest BCUT2D eigenvalue weighted by molar-refractivity contribution is -0.137. The Labute approximate surface area is 74.5 Å². The summed E-state index contributed by atoms with van der Waals surface area (Å²) >= 11 is 2.16. The molecule has 0 unspecified atom stereocenters. The Bertz CT molecular complexity index is 116. The Kier molecular flexibility index (Phi) is 5.67. The Balaban J connectivity index is 3.06. The van der Waals surface area contributed by atoms with Crippen LogP contribution in [0.1, 0.15) is 25.7 Å². The summed E-state index contributed by atoms with van der Waals surface area (Å²) in [5, 5.41) is 8.25.